The van der Waals surface area contributed by atoms with E-state index in [1.54, 1.807) is 0 Å². The molecule has 72 heavy (non-hydrogen) atoms. The van der Waals surface area contributed by atoms with Gasteiger partial charge in [0.15, 0.2) is 0 Å². The van der Waals surface area contributed by atoms with Gasteiger partial charge in [0.1, 0.15) is 33.8 Å². The molecule has 11 aromatic carbocycles. The summed E-state index contributed by atoms with van der Waals surface area (Å²) in [6.07, 6.45) is 0. The molecule has 0 unspecified atom stereocenters. The number of ether oxygens (including phenoxy) is 1. The van der Waals surface area contributed by atoms with E-state index in [9.17, 15) is 0 Å². The van der Waals surface area contributed by atoms with Crippen molar-refractivity contribution >= 4 is 78.0 Å². The molecule has 0 bridgehead atoms. The predicted octanol–water partition coefficient (Wildman–Crippen LogP) is 18.6. The topological polar surface area (TPSA) is 42.0 Å². The zero-order valence-corrected chi connectivity index (χ0v) is 38.9. The lowest BCUT2D eigenvalue weighted by Gasteiger charge is -2.41. The maximum atomic E-state index is 7.29. The maximum Gasteiger partial charge on any atom is 0.140 e. The normalized spacial score (nSPS) is 12.9. The molecule has 1 aliphatic heterocycles. The van der Waals surface area contributed by atoms with Gasteiger partial charge in [-0.2, -0.15) is 0 Å². The Morgan fingerprint density at radius 2 is 0.819 bits per heavy atom. The van der Waals surface area contributed by atoms with Gasteiger partial charge in [-0.25, -0.2) is 0 Å². The summed E-state index contributed by atoms with van der Waals surface area (Å²) < 4.78 is 20.8. The monoisotopic (exact) mass is 922 g/mol. The van der Waals surface area contributed by atoms with Gasteiger partial charge in [-0.05, 0) is 119 Å². The molecule has 2 aromatic heterocycles. The lowest BCUT2D eigenvalue weighted by molar-refractivity contribution is 0.438. The third-order valence-corrected chi connectivity index (χ3v) is 14.9. The van der Waals surface area contributed by atoms with Crippen molar-refractivity contribution < 1.29 is 13.6 Å². The molecule has 338 valence electrons. The van der Waals surface area contributed by atoms with Gasteiger partial charge in [-0.3, -0.25) is 0 Å². The first-order chi connectivity index (χ1) is 35.7. The van der Waals surface area contributed by atoms with Crippen molar-refractivity contribution in [3.63, 3.8) is 0 Å². The number of benzene rings is 11. The summed E-state index contributed by atoms with van der Waals surface area (Å²) in [6, 6.07) is 90.7. The number of nitrogens with zero attached hydrogens (tertiary/aromatic N) is 2. The summed E-state index contributed by atoms with van der Waals surface area (Å²) >= 11 is 0. The summed E-state index contributed by atoms with van der Waals surface area (Å²) in [5.74, 6) is 1.69. The second-order valence-electron chi connectivity index (χ2n) is 18.7. The first-order valence-corrected chi connectivity index (χ1v) is 24.5. The fourth-order valence-corrected chi connectivity index (χ4v) is 12.0. The Morgan fingerprint density at radius 3 is 1.49 bits per heavy atom. The summed E-state index contributed by atoms with van der Waals surface area (Å²) in [6.45, 7) is 0. The molecule has 2 aliphatic rings. The molecule has 15 rings (SSSR count). The van der Waals surface area contributed by atoms with Crippen molar-refractivity contribution in [3.05, 3.63) is 277 Å². The first kappa shape index (κ1) is 40.3. The highest BCUT2D eigenvalue weighted by atomic mass is 16.5. The third-order valence-electron chi connectivity index (χ3n) is 14.9. The molecule has 1 spiro atoms. The Balaban J connectivity index is 1.06. The highest BCUT2D eigenvalue weighted by molar-refractivity contribution is 6.16. The Labute approximate surface area is 415 Å². The predicted molar refractivity (Wildman–Crippen MR) is 293 cm³/mol. The lowest BCUT2D eigenvalue weighted by Crippen LogP contribution is -2.32. The van der Waals surface area contributed by atoms with Crippen molar-refractivity contribution in [3.8, 4) is 33.8 Å². The molecule has 13 aromatic rings. The lowest BCUT2D eigenvalue weighted by atomic mass is 9.65. The van der Waals surface area contributed by atoms with E-state index in [1.807, 2.05) is 6.07 Å². The SMILES string of the molecule is c1ccc(-c2cc(N(c3ccc4oc5cccc(N(c6ccccc6)c6ccccc6)c5c4c3)c3cccc4oc5ccccc5c34)cc3c2Oc2ccccc2C32c3ccccc3-c3ccccc32)cc1. The van der Waals surface area contributed by atoms with Crippen LogP contribution in [0, 0.1) is 0 Å². The zero-order valence-electron chi connectivity index (χ0n) is 38.9. The van der Waals surface area contributed by atoms with Gasteiger partial charge in [0.05, 0.1) is 27.6 Å². The molecule has 1 aliphatic carbocycles. The molecule has 0 saturated carbocycles. The molecule has 5 heteroatoms. The molecule has 0 radical (unpaired) electrons. The van der Waals surface area contributed by atoms with E-state index in [2.05, 4.69) is 259 Å². The number of hydrogen-bond donors (Lipinski definition) is 0. The summed E-state index contributed by atoms with van der Waals surface area (Å²) in [5.41, 5.74) is 17.7. The van der Waals surface area contributed by atoms with Gasteiger partial charge in [-0.1, -0.05) is 164 Å². The number of anilines is 6. The molecular weight excluding hydrogens is 881 g/mol. The van der Waals surface area contributed by atoms with Crippen LogP contribution in [-0.2, 0) is 5.41 Å². The van der Waals surface area contributed by atoms with Gasteiger partial charge < -0.3 is 23.4 Å². The van der Waals surface area contributed by atoms with Crippen LogP contribution < -0.4 is 14.5 Å². The van der Waals surface area contributed by atoms with Crippen LogP contribution in [0.5, 0.6) is 11.5 Å². The highest BCUT2D eigenvalue weighted by Gasteiger charge is 2.52. The first-order valence-electron chi connectivity index (χ1n) is 24.5. The number of fused-ring (bicyclic) bond motifs is 15. The Morgan fingerprint density at radius 1 is 0.306 bits per heavy atom. The highest BCUT2D eigenvalue weighted by Crippen LogP contribution is 2.64. The molecule has 3 heterocycles. The van der Waals surface area contributed by atoms with E-state index < -0.39 is 5.41 Å². The largest absolute Gasteiger partial charge is 0.456 e. The molecule has 5 nitrogen and oxygen atoms in total. The van der Waals surface area contributed by atoms with E-state index in [0.29, 0.717) is 0 Å². The second-order valence-corrected chi connectivity index (χ2v) is 18.7. The minimum atomic E-state index is -0.713. The van der Waals surface area contributed by atoms with E-state index in [-0.39, 0.29) is 0 Å². The fourth-order valence-electron chi connectivity index (χ4n) is 12.0. The van der Waals surface area contributed by atoms with Crippen molar-refractivity contribution in [2.24, 2.45) is 0 Å². The standard InChI is InChI=1S/C67H42N2O3/c1-4-20-43(21-5-1)51-41-47(42-56-66(51)72-61-35-17-15-31-55(61)67(56)53-29-13-10-26-48(53)49-27-11-14-30-54(49)67)69(57-32-18-36-62-64(57)50-28-12-16-34-59(50)70-62)46-38-39-60-52(40-46)65-58(33-19-37-63(65)71-60)68(44-22-6-2-7-23-44)45-24-8-3-9-25-45/h1-42H. The van der Waals surface area contributed by atoms with Crippen LogP contribution in [0.25, 0.3) is 66.1 Å². The minimum Gasteiger partial charge on any atom is -0.456 e. The molecule has 0 N–H and O–H groups in total. The van der Waals surface area contributed by atoms with Crippen molar-refractivity contribution in [2.75, 3.05) is 9.80 Å². The smallest absolute Gasteiger partial charge is 0.140 e. The van der Waals surface area contributed by atoms with Crippen LogP contribution in [-0.4, -0.2) is 0 Å². The van der Waals surface area contributed by atoms with Crippen LogP contribution in [0.2, 0.25) is 0 Å². The van der Waals surface area contributed by atoms with Gasteiger partial charge in [-0.15, -0.1) is 0 Å². The van der Waals surface area contributed by atoms with Crippen molar-refractivity contribution in [1.82, 2.24) is 0 Å². The van der Waals surface area contributed by atoms with E-state index in [1.165, 1.54) is 22.3 Å². The van der Waals surface area contributed by atoms with Crippen molar-refractivity contribution in [2.45, 2.75) is 5.41 Å². The average Bonchev–Trinajstić information content (AvgIpc) is 4.12. The average molecular weight is 923 g/mol. The van der Waals surface area contributed by atoms with Crippen LogP contribution >= 0.6 is 0 Å². The summed E-state index contributed by atoms with van der Waals surface area (Å²) in [5, 5.41) is 4.09. The van der Waals surface area contributed by atoms with E-state index in [0.717, 1.165) is 112 Å². The number of rotatable bonds is 7. The quantitative estimate of drug-likeness (QED) is 0.159. The summed E-state index contributed by atoms with van der Waals surface area (Å²) in [4.78, 5) is 4.75. The minimum absolute atomic E-state index is 0.713. The fraction of sp³-hybridized carbons (Fsp3) is 0.0149. The maximum absolute atomic E-state index is 7.29. The summed E-state index contributed by atoms with van der Waals surface area (Å²) in [7, 11) is 0. The second kappa shape index (κ2) is 15.7. The van der Waals surface area contributed by atoms with Gasteiger partial charge >= 0.3 is 0 Å². The molecular formula is C67H42N2O3. The van der Waals surface area contributed by atoms with Crippen LogP contribution in [0.15, 0.2) is 264 Å². The number of hydrogen-bond acceptors (Lipinski definition) is 5. The van der Waals surface area contributed by atoms with Crippen LogP contribution in [0.1, 0.15) is 22.3 Å². The van der Waals surface area contributed by atoms with Gasteiger partial charge in [0.25, 0.3) is 0 Å². The number of para-hydroxylation sites is 4. The molecule has 0 fully saturated rings. The Hall–Kier alpha value is -9.58. The van der Waals surface area contributed by atoms with Crippen LogP contribution in [0.4, 0.5) is 34.1 Å². The molecule has 0 saturated heterocycles. The van der Waals surface area contributed by atoms with Gasteiger partial charge in [0.2, 0.25) is 0 Å². The van der Waals surface area contributed by atoms with Gasteiger partial charge in [0, 0.05) is 50.2 Å². The third kappa shape index (κ3) is 5.82. The van der Waals surface area contributed by atoms with E-state index >= 15 is 0 Å². The van der Waals surface area contributed by atoms with Crippen LogP contribution in [0.3, 0.4) is 0 Å². The Bertz CT molecular complexity index is 4190. The Kier molecular flexibility index (Phi) is 8.80. The van der Waals surface area contributed by atoms with E-state index in [4.69, 9.17) is 13.6 Å². The molecule has 0 amide bonds. The van der Waals surface area contributed by atoms with Crippen molar-refractivity contribution in [1.29, 1.82) is 0 Å². The number of furan rings is 2. The molecule has 0 atom stereocenters. The zero-order chi connectivity index (χ0) is 47.3.